The summed E-state index contributed by atoms with van der Waals surface area (Å²) in [5, 5.41) is 6.00. The minimum Gasteiger partial charge on any atom is -0.374 e. The van der Waals surface area contributed by atoms with E-state index in [2.05, 4.69) is 10.6 Å². The van der Waals surface area contributed by atoms with Crippen LogP contribution < -0.4 is 10.6 Å². The molecule has 0 radical (unpaired) electrons. The van der Waals surface area contributed by atoms with Gasteiger partial charge in [0, 0.05) is 17.8 Å². The van der Waals surface area contributed by atoms with E-state index in [1.54, 1.807) is 12.1 Å². The summed E-state index contributed by atoms with van der Waals surface area (Å²) in [5.74, 6) is 0.0962. The molecular weight excluding hydrogens is 216 g/mol. The largest absolute Gasteiger partial charge is 0.374 e. The summed E-state index contributed by atoms with van der Waals surface area (Å²) in [6.45, 7) is 2.30. The molecule has 1 aliphatic heterocycles. The third-order valence-electron chi connectivity index (χ3n) is 2.92. The van der Waals surface area contributed by atoms with Gasteiger partial charge in [0.2, 0.25) is 5.91 Å². The summed E-state index contributed by atoms with van der Waals surface area (Å²) in [7, 11) is 0. The van der Waals surface area contributed by atoms with Gasteiger partial charge in [-0.2, -0.15) is 0 Å². The van der Waals surface area contributed by atoms with Gasteiger partial charge in [0.15, 0.2) is 5.78 Å². The van der Waals surface area contributed by atoms with E-state index in [0.29, 0.717) is 5.56 Å². The number of nitrogens with one attached hydrogen (secondary N) is 2. The van der Waals surface area contributed by atoms with Gasteiger partial charge in [0.05, 0.1) is 0 Å². The van der Waals surface area contributed by atoms with Crippen LogP contribution in [0.15, 0.2) is 24.3 Å². The number of carbonyl (C=O) groups excluding carboxylic acids is 2. The van der Waals surface area contributed by atoms with Gasteiger partial charge >= 0.3 is 0 Å². The summed E-state index contributed by atoms with van der Waals surface area (Å²) < 4.78 is 0. The minimum atomic E-state index is -0.160. The Labute approximate surface area is 100 Å². The molecule has 4 nitrogen and oxygen atoms in total. The molecule has 1 aromatic rings. The molecule has 1 unspecified atom stereocenters. The molecule has 2 rings (SSSR count). The lowest BCUT2D eigenvalue weighted by Crippen LogP contribution is -2.44. The van der Waals surface area contributed by atoms with Gasteiger partial charge in [-0.3, -0.25) is 9.59 Å². The predicted octanol–water partition coefficient (Wildman–Crippen LogP) is 1.58. The average molecular weight is 232 g/mol. The van der Waals surface area contributed by atoms with Crippen LogP contribution in [-0.4, -0.2) is 24.3 Å². The van der Waals surface area contributed by atoms with Crippen LogP contribution in [0.25, 0.3) is 0 Å². The smallest absolute Gasteiger partial charge is 0.242 e. The first-order chi connectivity index (χ1) is 8.16. The number of ketones is 1. The maximum absolute atomic E-state index is 11.5. The molecule has 0 spiro atoms. The van der Waals surface area contributed by atoms with Crippen LogP contribution in [-0.2, 0) is 4.79 Å². The molecule has 0 bridgehead atoms. The Morgan fingerprint density at radius 1 is 1.35 bits per heavy atom. The number of rotatable bonds is 3. The molecule has 1 saturated heterocycles. The van der Waals surface area contributed by atoms with Gasteiger partial charge in [-0.25, -0.2) is 0 Å². The van der Waals surface area contributed by atoms with Crippen LogP contribution >= 0.6 is 0 Å². The summed E-state index contributed by atoms with van der Waals surface area (Å²) in [4.78, 5) is 22.7. The van der Waals surface area contributed by atoms with Crippen LogP contribution in [0.1, 0.15) is 30.1 Å². The van der Waals surface area contributed by atoms with E-state index >= 15 is 0 Å². The highest BCUT2D eigenvalue weighted by atomic mass is 16.2. The topological polar surface area (TPSA) is 58.2 Å². The number of piperidine rings is 1. The van der Waals surface area contributed by atoms with E-state index in [-0.39, 0.29) is 17.7 Å². The lowest BCUT2D eigenvalue weighted by atomic mass is 10.1. The number of benzene rings is 1. The van der Waals surface area contributed by atoms with Crippen molar-refractivity contribution in [2.45, 2.75) is 25.8 Å². The molecule has 1 aliphatic rings. The first-order valence-corrected chi connectivity index (χ1v) is 5.82. The zero-order valence-corrected chi connectivity index (χ0v) is 9.82. The van der Waals surface area contributed by atoms with E-state index in [4.69, 9.17) is 0 Å². The first kappa shape index (κ1) is 11.6. The summed E-state index contributed by atoms with van der Waals surface area (Å²) in [6.07, 6.45) is 1.84. The van der Waals surface area contributed by atoms with Crippen molar-refractivity contribution in [3.8, 4) is 0 Å². The molecule has 0 aliphatic carbocycles. The van der Waals surface area contributed by atoms with Crippen LogP contribution in [0.2, 0.25) is 0 Å². The van der Waals surface area contributed by atoms with Gasteiger partial charge in [-0.15, -0.1) is 0 Å². The maximum Gasteiger partial charge on any atom is 0.242 e. The Morgan fingerprint density at radius 3 is 2.65 bits per heavy atom. The van der Waals surface area contributed by atoms with Crippen molar-refractivity contribution in [2.24, 2.45) is 0 Å². The minimum absolute atomic E-state index is 0.0481. The van der Waals surface area contributed by atoms with Crippen molar-refractivity contribution >= 4 is 17.4 Å². The van der Waals surface area contributed by atoms with Crippen molar-refractivity contribution in [2.75, 3.05) is 11.9 Å². The van der Waals surface area contributed by atoms with E-state index in [9.17, 15) is 9.59 Å². The second-order valence-electron chi connectivity index (χ2n) is 4.26. The molecule has 1 fully saturated rings. The molecule has 1 amide bonds. The average Bonchev–Trinajstić information content (AvgIpc) is 2.33. The summed E-state index contributed by atoms with van der Waals surface area (Å²) >= 11 is 0. The lowest BCUT2D eigenvalue weighted by Gasteiger charge is -2.23. The van der Waals surface area contributed by atoms with Gasteiger partial charge < -0.3 is 10.6 Å². The second-order valence-corrected chi connectivity index (χ2v) is 4.26. The second kappa shape index (κ2) is 4.99. The molecule has 0 aromatic heterocycles. The Kier molecular flexibility index (Phi) is 3.42. The van der Waals surface area contributed by atoms with E-state index in [1.165, 1.54) is 6.92 Å². The highest BCUT2D eigenvalue weighted by Gasteiger charge is 2.21. The normalized spacial score (nSPS) is 19.6. The fraction of sp³-hybridized carbons (Fsp3) is 0.385. The van der Waals surface area contributed by atoms with Crippen molar-refractivity contribution in [3.05, 3.63) is 29.8 Å². The molecule has 4 heteroatoms. The fourth-order valence-corrected chi connectivity index (χ4v) is 1.91. The van der Waals surface area contributed by atoms with Crippen LogP contribution in [0.5, 0.6) is 0 Å². The molecule has 0 saturated carbocycles. The fourth-order valence-electron chi connectivity index (χ4n) is 1.91. The molecule has 17 heavy (non-hydrogen) atoms. The number of Topliss-reactive ketones (excluding diaryl/α,β-unsaturated/α-hetero) is 1. The number of amides is 1. The monoisotopic (exact) mass is 232 g/mol. The molecule has 2 N–H and O–H groups in total. The Morgan fingerprint density at radius 2 is 2.06 bits per heavy atom. The van der Waals surface area contributed by atoms with Gasteiger partial charge in [0.1, 0.15) is 6.04 Å². The third-order valence-corrected chi connectivity index (χ3v) is 2.92. The Hall–Kier alpha value is -1.84. The zero-order valence-electron chi connectivity index (χ0n) is 9.82. The molecule has 1 aromatic carbocycles. The Balaban J connectivity index is 2.03. The SMILES string of the molecule is CC(=O)c1ccc(NC2CCCNC2=O)cc1. The van der Waals surface area contributed by atoms with Crippen molar-refractivity contribution < 1.29 is 9.59 Å². The first-order valence-electron chi connectivity index (χ1n) is 5.82. The standard InChI is InChI=1S/C13H16N2O2/c1-9(16)10-4-6-11(7-5-10)15-12-3-2-8-14-13(12)17/h4-7,12,15H,2-3,8H2,1H3,(H,14,17). The highest BCUT2D eigenvalue weighted by Crippen LogP contribution is 2.14. The quantitative estimate of drug-likeness (QED) is 0.778. The van der Waals surface area contributed by atoms with Gasteiger partial charge in [0.25, 0.3) is 0 Å². The lowest BCUT2D eigenvalue weighted by molar-refractivity contribution is -0.123. The van der Waals surface area contributed by atoms with E-state index in [1.807, 2.05) is 12.1 Å². The summed E-state index contributed by atoms with van der Waals surface area (Å²) in [5.41, 5.74) is 1.56. The van der Waals surface area contributed by atoms with Crippen LogP contribution in [0, 0.1) is 0 Å². The predicted molar refractivity (Wildman–Crippen MR) is 66.1 cm³/mol. The third kappa shape index (κ3) is 2.84. The van der Waals surface area contributed by atoms with Crippen LogP contribution in [0.4, 0.5) is 5.69 Å². The number of hydrogen-bond acceptors (Lipinski definition) is 3. The van der Waals surface area contributed by atoms with E-state index < -0.39 is 0 Å². The summed E-state index contributed by atoms with van der Waals surface area (Å²) in [6, 6.07) is 7.04. The molecule has 1 heterocycles. The van der Waals surface area contributed by atoms with Crippen molar-refractivity contribution in [1.82, 2.24) is 5.32 Å². The number of hydrogen-bond donors (Lipinski definition) is 2. The number of carbonyl (C=O) groups is 2. The molecular formula is C13H16N2O2. The molecule has 1 atom stereocenters. The maximum atomic E-state index is 11.5. The Bertz CT molecular complexity index is 426. The highest BCUT2D eigenvalue weighted by molar-refractivity contribution is 5.94. The zero-order chi connectivity index (χ0) is 12.3. The van der Waals surface area contributed by atoms with E-state index in [0.717, 1.165) is 25.1 Å². The molecule has 90 valence electrons. The van der Waals surface area contributed by atoms with Crippen LogP contribution in [0.3, 0.4) is 0 Å². The van der Waals surface area contributed by atoms with Crippen molar-refractivity contribution in [3.63, 3.8) is 0 Å². The van der Waals surface area contributed by atoms with Gasteiger partial charge in [-0.1, -0.05) is 0 Å². The van der Waals surface area contributed by atoms with Gasteiger partial charge in [-0.05, 0) is 44.0 Å². The number of anilines is 1. The van der Waals surface area contributed by atoms with Crippen molar-refractivity contribution in [1.29, 1.82) is 0 Å².